The van der Waals surface area contributed by atoms with Crippen molar-refractivity contribution in [1.29, 1.82) is 0 Å². The fourth-order valence-electron chi connectivity index (χ4n) is 1.59. The van der Waals surface area contributed by atoms with Crippen molar-refractivity contribution in [2.24, 2.45) is 11.7 Å². The first-order valence-electron chi connectivity index (χ1n) is 6.38. The van der Waals surface area contributed by atoms with E-state index < -0.39 is 10.0 Å². The van der Waals surface area contributed by atoms with Crippen LogP contribution in [0.2, 0.25) is 0 Å². The fraction of sp³-hybridized carbons (Fsp3) is 0.462. The van der Waals surface area contributed by atoms with Crippen LogP contribution in [-0.4, -0.2) is 27.1 Å². The maximum atomic E-state index is 11.8. The molecule has 0 aliphatic carbocycles. The van der Waals surface area contributed by atoms with Crippen LogP contribution in [0.3, 0.4) is 0 Å². The number of nitrogens with one attached hydrogen (secondary N) is 2. The molecule has 0 spiro atoms. The van der Waals surface area contributed by atoms with Crippen LogP contribution in [0, 0.1) is 5.92 Å². The molecule has 0 aliphatic heterocycles. The largest absolute Gasteiger partial charge is 0.330 e. The molecule has 1 unspecified atom stereocenters. The van der Waals surface area contributed by atoms with Gasteiger partial charge in [-0.25, -0.2) is 8.42 Å². The quantitative estimate of drug-likeness (QED) is 0.707. The van der Waals surface area contributed by atoms with E-state index in [0.717, 1.165) is 6.26 Å². The van der Waals surface area contributed by atoms with Crippen LogP contribution in [-0.2, 0) is 14.8 Å². The van der Waals surface area contributed by atoms with Crippen LogP contribution >= 0.6 is 0 Å². The third-order valence-electron chi connectivity index (χ3n) is 2.76. The molecule has 0 aromatic heterocycles. The lowest BCUT2D eigenvalue weighted by molar-refractivity contribution is -0.116. The number of anilines is 2. The second-order valence-corrected chi connectivity index (χ2v) is 6.60. The molecule has 4 N–H and O–H groups in total. The summed E-state index contributed by atoms with van der Waals surface area (Å²) in [4.78, 5) is 11.8. The van der Waals surface area contributed by atoms with E-state index in [4.69, 9.17) is 5.73 Å². The average molecular weight is 299 g/mol. The molecule has 0 saturated carbocycles. The van der Waals surface area contributed by atoms with Gasteiger partial charge in [0.2, 0.25) is 15.9 Å². The maximum Gasteiger partial charge on any atom is 0.229 e. The van der Waals surface area contributed by atoms with Crippen molar-refractivity contribution < 1.29 is 13.2 Å². The highest BCUT2D eigenvalue weighted by Gasteiger charge is 2.10. The molecule has 0 heterocycles. The number of sulfonamides is 1. The number of benzene rings is 1. The van der Waals surface area contributed by atoms with Gasteiger partial charge in [-0.15, -0.1) is 0 Å². The third-order valence-corrected chi connectivity index (χ3v) is 3.35. The van der Waals surface area contributed by atoms with Crippen LogP contribution in [0.1, 0.15) is 19.8 Å². The Bertz CT molecular complexity index is 558. The van der Waals surface area contributed by atoms with Crippen LogP contribution in [0.5, 0.6) is 0 Å². The molecule has 112 valence electrons. The van der Waals surface area contributed by atoms with E-state index in [-0.39, 0.29) is 11.8 Å². The van der Waals surface area contributed by atoms with Crippen molar-refractivity contribution in [3.05, 3.63) is 24.3 Å². The summed E-state index contributed by atoms with van der Waals surface area (Å²) in [6.07, 6.45) is 2.12. The molecule has 6 nitrogen and oxygen atoms in total. The Morgan fingerprint density at radius 2 is 1.90 bits per heavy atom. The minimum atomic E-state index is -3.38. The first kappa shape index (κ1) is 16.5. The van der Waals surface area contributed by atoms with Gasteiger partial charge in [-0.05, 0) is 31.0 Å². The van der Waals surface area contributed by atoms with Crippen LogP contribution in [0.4, 0.5) is 11.4 Å². The summed E-state index contributed by atoms with van der Waals surface area (Å²) in [6, 6.07) is 6.67. The smallest absolute Gasteiger partial charge is 0.229 e. The summed E-state index contributed by atoms with van der Waals surface area (Å²) < 4.78 is 24.9. The lowest BCUT2D eigenvalue weighted by Gasteiger charge is -2.12. The number of para-hydroxylation sites is 2. The highest BCUT2D eigenvalue weighted by molar-refractivity contribution is 7.92. The van der Waals surface area contributed by atoms with Gasteiger partial charge in [-0.2, -0.15) is 0 Å². The summed E-state index contributed by atoms with van der Waals surface area (Å²) in [5.41, 5.74) is 6.30. The standard InChI is InChI=1S/C13H21N3O3S/c1-10(9-14)7-8-13(17)15-11-5-3-4-6-12(11)16-20(2,18)19/h3-6,10,16H,7-9,14H2,1-2H3,(H,15,17). The molecule has 1 amide bonds. The Labute approximate surface area is 119 Å². The van der Waals surface area contributed by atoms with Gasteiger partial charge < -0.3 is 11.1 Å². The van der Waals surface area contributed by atoms with Crippen molar-refractivity contribution in [3.8, 4) is 0 Å². The van der Waals surface area contributed by atoms with Gasteiger partial charge in [0.05, 0.1) is 17.6 Å². The summed E-state index contributed by atoms with van der Waals surface area (Å²) >= 11 is 0. The summed E-state index contributed by atoms with van der Waals surface area (Å²) in [6.45, 7) is 2.52. The SMILES string of the molecule is CC(CN)CCC(=O)Nc1ccccc1NS(C)(=O)=O. The van der Waals surface area contributed by atoms with Crippen molar-refractivity contribution >= 4 is 27.3 Å². The molecular formula is C13H21N3O3S. The number of carbonyl (C=O) groups is 1. The van der Waals surface area contributed by atoms with E-state index >= 15 is 0 Å². The Morgan fingerprint density at radius 1 is 1.30 bits per heavy atom. The summed E-state index contributed by atoms with van der Waals surface area (Å²) in [5, 5.41) is 2.71. The number of hydrogen-bond acceptors (Lipinski definition) is 4. The Balaban J connectivity index is 2.70. The van der Waals surface area contributed by atoms with Gasteiger partial charge in [0.15, 0.2) is 0 Å². The third kappa shape index (κ3) is 6.03. The average Bonchev–Trinajstić information content (AvgIpc) is 2.36. The molecule has 20 heavy (non-hydrogen) atoms. The Kier molecular flexibility index (Phi) is 5.97. The lowest BCUT2D eigenvalue weighted by Crippen LogP contribution is -2.18. The van der Waals surface area contributed by atoms with Crippen LogP contribution in [0.15, 0.2) is 24.3 Å². The van der Waals surface area contributed by atoms with Crippen molar-refractivity contribution in [3.63, 3.8) is 0 Å². The Morgan fingerprint density at radius 3 is 2.45 bits per heavy atom. The van der Waals surface area contributed by atoms with Crippen molar-refractivity contribution in [2.75, 3.05) is 22.8 Å². The molecule has 1 atom stereocenters. The van der Waals surface area contributed by atoms with Crippen LogP contribution < -0.4 is 15.8 Å². The molecule has 0 bridgehead atoms. The molecular weight excluding hydrogens is 278 g/mol. The summed E-state index contributed by atoms with van der Waals surface area (Å²) in [5.74, 6) is 0.123. The van der Waals surface area contributed by atoms with Gasteiger partial charge in [0, 0.05) is 6.42 Å². The predicted molar refractivity (Wildman–Crippen MR) is 81.0 cm³/mol. The zero-order valence-electron chi connectivity index (χ0n) is 11.7. The van der Waals surface area contributed by atoms with E-state index in [1.807, 2.05) is 6.92 Å². The molecule has 0 aliphatic rings. The zero-order chi connectivity index (χ0) is 15.2. The van der Waals surface area contributed by atoms with Gasteiger partial charge in [-0.1, -0.05) is 19.1 Å². The number of nitrogens with two attached hydrogens (primary N) is 1. The van der Waals surface area contributed by atoms with Crippen molar-refractivity contribution in [2.45, 2.75) is 19.8 Å². The highest BCUT2D eigenvalue weighted by Crippen LogP contribution is 2.22. The second kappa shape index (κ2) is 7.25. The van der Waals surface area contributed by atoms with Gasteiger partial charge in [-0.3, -0.25) is 9.52 Å². The van der Waals surface area contributed by atoms with Gasteiger partial charge in [0.25, 0.3) is 0 Å². The minimum absolute atomic E-state index is 0.159. The van der Waals surface area contributed by atoms with E-state index in [9.17, 15) is 13.2 Å². The first-order chi connectivity index (χ1) is 9.31. The molecule has 0 fully saturated rings. The number of amides is 1. The number of hydrogen-bond donors (Lipinski definition) is 3. The summed E-state index contributed by atoms with van der Waals surface area (Å²) in [7, 11) is -3.38. The maximum absolute atomic E-state index is 11.8. The Hall–Kier alpha value is -1.60. The number of carbonyl (C=O) groups excluding carboxylic acids is 1. The predicted octanol–water partition coefficient (Wildman–Crippen LogP) is 1.37. The monoisotopic (exact) mass is 299 g/mol. The topological polar surface area (TPSA) is 101 Å². The van der Waals surface area contributed by atoms with E-state index in [1.54, 1.807) is 24.3 Å². The molecule has 1 aromatic rings. The van der Waals surface area contributed by atoms with E-state index in [0.29, 0.717) is 30.8 Å². The van der Waals surface area contributed by atoms with E-state index in [2.05, 4.69) is 10.0 Å². The van der Waals surface area contributed by atoms with Gasteiger partial charge in [0.1, 0.15) is 0 Å². The molecule has 7 heteroatoms. The molecule has 1 aromatic carbocycles. The normalized spacial score (nSPS) is 12.8. The van der Waals surface area contributed by atoms with Gasteiger partial charge >= 0.3 is 0 Å². The number of rotatable bonds is 7. The lowest BCUT2D eigenvalue weighted by atomic mass is 10.1. The minimum Gasteiger partial charge on any atom is -0.330 e. The zero-order valence-corrected chi connectivity index (χ0v) is 12.5. The van der Waals surface area contributed by atoms with Crippen molar-refractivity contribution in [1.82, 2.24) is 0 Å². The molecule has 0 saturated heterocycles. The first-order valence-corrected chi connectivity index (χ1v) is 8.27. The van der Waals surface area contributed by atoms with Crippen LogP contribution in [0.25, 0.3) is 0 Å². The second-order valence-electron chi connectivity index (χ2n) is 4.85. The van der Waals surface area contributed by atoms with E-state index in [1.165, 1.54) is 0 Å². The molecule has 0 radical (unpaired) electrons. The highest BCUT2D eigenvalue weighted by atomic mass is 32.2. The fourth-order valence-corrected chi connectivity index (χ4v) is 2.17. The molecule has 1 rings (SSSR count).